The Labute approximate surface area is 123 Å². The van der Waals surface area contributed by atoms with E-state index in [1.165, 1.54) is 13.2 Å². The standard InChI is InChI=1S/C15H21FN2OS/c1-5-9(2)6-10(3)18-13-8-14(19-4)11(16)7-12(13)17-15(18)20/h7-10H,5-6H2,1-4H3,(H,17,20). The first-order valence-electron chi connectivity index (χ1n) is 6.95. The van der Waals surface area contributed by atoms with Crippen molar-refractivity contribution >= 4 is 23.3 Å². The first-order valence-corrected chi connectivity index (χ1v) is 7.36. The molecule has 0 saturated carbocycles. The van der Waals surface area contributed by atoms with Gasteiger partial charge in [0.05, 0.1) is 18.1 Å². The average molecular weight is 296 g/mol. The molecule has 0 bridgehead atoms. The summed E-state index contributed by atoms with van der Waals surface area (Å²) in [7, 11) is 1.47. The summed E-state index contributed by atoms with van der Waals surface area (Å²) in [6.45, 7) is 6.56. The number of nitrogens with zero attached hydrogens (tertiary/aromatic N) is 1. The summed E-state index contributed by atoms with van der Waals surface area (Å²) in [5.74, 6) is 0.494. The smallest absolute Gasteiger partial charge is 0.178 e. The Morgan fingerprint density at radius 3 is 2.70 bits per heavy atom. The number of H-pyrrole nitrogens is 1. The summed E-state index contributed by atoms with van der Waals surface area (Å²) in [6.07, 6.45) is 2.18. The maximum absolute atomic E-state index is 13.7. The maximum Gasteiger partial charge on any atom is 0.178 e. The molecular weight excluding hydrogens is 275 g/mol. The normalized spacial score (nSPS) is 14.4. The minimum atomic E-state index is -0.377. The highest BCUT2D eigenvalue weighted by Gasteiger charge is 2.16. The Morgan fingerprint density at radius 1 is 1.40 bits per heavy atom. The van der Waals surface area contributed by atoms with Crippen LogP contribution >= 0.6 is 12.2 Å². The van der Waals surface area contributed by atoms with Gasteiger partial charge in [-0.05, 0) is 31.5 Å². The number of methoxy groups -OCH3 is 1. The van der Waals surface area contributed by atoms with Gasteiger partial charge in [0, 0.05) is 18.2 Å². The number of nitrogens with one attached hydrogen (secondary N) is 1. The summed E-state index contributed by atoms with van der Waals surface area (Å²) < 4.78 is 21.5. The van der Waals surface area contributed by atoms with E-state index in [2.05, 4.69) is 30.3 Å². The van der Waals surface area contributed by atoms with Crippen LogP contribution in [0.3, 0.4) is 0 Å². The molecule has 0 fully saturated rings. The van der Waals surface area contributed by atoms with Gasteiger partial charge in [-0.2, -0.15) is 0 Å². The molecule has 0 saturated heterocycles. The van der Waals surface area contributed by atoms with Crippen molar-refractivity contribution < 1.29 is 9.13 Å². The van der Waals surface area contributed by atoms with E-state index in [1.54, 1.807) is 6.07 Å². The second-order valence-corrected chi connectivity index (χ2v) is 5.79. The van der Waals surface area contributed by atoms with Crippen LogP contribution in [0.25, 0.3) is 11.0 Å². The largest absolute Gasteiger partial charge is 0.494 e. The third-order valence-corrected chi connectivity index (χ3v) is 4.17. The van der Waals surface area contributed by atoms with Crippen LogP contribution < -0.4 is 4.74 Å². The molecule has 0 radical (unpaired) electrons. The van der Waals surface area contributed by atoms with Gasteiger partial charge in [0.15, 0.2) is 16.3 Å². The molecule has 1 N–H and O–H groups in total. The summed E-state index contributed by atoms with van der Waals surface area (Å²) in [6, 6.07) is 3.42. The predicted molar refractivity (Wildman–Crippen MR) is 82.4 cm³/mol. The highest BCUT2D eigenvalue weighted by atomic mass is 32.1. The van der Waals surface area contributed by atoms with Crippen molar-refractivity contribution in [3.63, 3.8) is 0 Å². The van der Waals surface area contributed by atoms with Crippen molar-refractivity contribution in [1.82, 2.24) is 9.55 Å². The van der Waals surface area contributed by atoms with Crippen LogP contribution in [0, 0.1) is 16.5 Å². The van der Waals surface area contributed by atoms with E-state index in [0.29, 0.717) is 16.2 Å². The van der Waals surface area contributed by atoms with Crippen LogP contribution in [0.15, 0.2) is 12.1 Å². The molecule has 1 aromatic heterocycles. The Balaban J connectivity index is 2.52. The highest BCUT2D eigenvalue weighted by Crippen LogP contribution is 2.29. The lowest BCUT2D eigenvalue weighted by Crippen LogP contribution is -2.09. The number of aromatic amines is 1. The molecular formula is C15H21FN2OS. The first-order chi connectivity index (χ1) is 9.47. The molecule has 0 spiro atoms. The average Bonchev–Trinajstić information content (AvgIpc) is 2.72. The molecule has 5 heteroatoms. The van der Waals surface area contributed by atoms with Crippen molar-refractivity contribution in [2.75, 3.05) is 7.11 Å². The zero-order valence-corrected chi connectivity index (χ0v) is 13.2. The summed E-state index contributed by atoms with van der Waals surface area (Å²) >= 11 is 5.39. The Kier molecular flexibility index (Phi) is 4.48. The van der Waals surface area contributed by atoms with Crippen LogP contribution in [0.1, 0.15) is 39.7 Å². The lowest BCUT2D eigenvalue weighted by Gasteiger charge is -2.18. The van der Waals surface area contributed by atoms with E-state index in [0.717, 1.165) is 18.4 Å². The van der Waals surface area contributed by atoms with Crippen LogP contribution in [0.5, 0.6) is 5.75 Å². The van der Waals surface area contributed by atoms with E-state index in [-0.39, 0.29) is 17.6 Å². The van der Waals surface area contributed by atoms with Crippen molar-refractivity contribution in [2.45, 2.75) is 39.7 Å². The number of aromatic nitrogens is 2. The third-order valence-electron chi connectivity index (χ3n) is 3.87. The lowest BCUT2D eigenvalue weighted by molar-refractivity contribution is 0.385. The van der Waals surface area contributed by atoms with Gasteiger partial charge < -0.3 is 14.3 Å². The van der Waals surface area contributed by atoms with Crippen LogP contribution in [0.2, 0.25) is 0 Å². The number of halogens is 1. The van der Waals surface area contributed by atoms with E-state index >= 15 is 0 Å². The van der Waals surface area contributed by atoms with Gasteiger partial charge in [-0.1, -0.05) is 20.3 Å². The summed E-state index contributed by atoms with van der Waals surface area (Å²) in [4.78, 5) is 3.07. The van der Waals surface area contributed by atoms with Gasteiger partial charge >= 0.3 is 0 Å². The number of imidazole rings is 1. The van der Waals surface area contributed by atoms with Crippen molar-refractivity contribution in [3.05, 3.63) is 22.7 Å². The first kappa shape index (κ1) is 15.0. The van der Waals surface area contributed by atoms with Crippen LogP contribution in [-0.2, 0) is 0 Å². The van der Waals surface area contributed by atoms with Crippen molar-refractivity contribution in [3.8, 4) is 5.75 Å². The predicted octanol–water partition coefficient (Wildman–Crippen LogP) is 4.84. The van der Waals surface area contributed by atoms with E-state index in [9.17, 15) is 4.39 Å². The lowest BCUT2D eigenvalue weighted by atomic mass is 10.0. The molecule has 2 aromatic rings. The highest BCUT2D eigenvalue weighted by molar-refractivity contribution is 7.71. The second-order valence-electron chi connectivity index (χ2n) is 5.40. The molecule has 2 unspecified atom stereocenters. The number of rotatable bonds is 5. The molecule has 0 amide bonds. The van der Waals surface area contributed by atoms with Gasteiger partial charge in [0.25, 0.3) is 0 Å². The van der Waals surface area contributed by atoms with E-state index in [1.807, 2.05) is 0 Å². The number of fused-ring (bicyclic) bond motifs is 1. The molecule has 110 valence electrons. The second kappa shape index (κ2) is 5.95. The van der Waals surface area contributed by atoms with Gasteiger partial charge in [-0.3, -0.25) is 0 Å². The molecule has 1 aromatic carbocycles. The monoisotopic (exact) mass is 296 g/mol. The summed E-state index contributed by atoms with van der Waals surface area (Å²) in [5, 5.41) is 0. The molecule has 0 aliphatic carbocycles. The Hall–Kier alpha value is -1.36. The molecule has 2 rings (SSSR count). The van der Waals surface area contributed by atoms with Crippen molar-refractivity contribution in [1.29, 1.82) is 0 Å². The van der Waals surface area contributed by atoms with E-state index in [4.69, 9.17) is 17.0 Å². The zero-order valence-electron chi connectivity index (χ0n) is 12.4. The molecule has 1 heterocycles. The molecule has 3 nitrogen and oxygen atoms in total. The Morgan fingerprint density at radius 2 is 2.10 bits per heavy atom. The third kappa shape index (κ3) is 2.73. The molecule has 2 atom stereocenters. The fraction of sp³-hybridized carbons (Fsp3) is 0.533. The number of ether oxygens (including phenoxy) is 1. The molecule has 0 aliphatic rings. The van der Waals surface area contributed by atoms with Gasteiger partial charge in [0.1, 0.15) is 0 Å². The molecule has 20 heavy (non-hydrogen) atoms. The zero-order chi connectivity index (χ0) is 14.9. The molecule has 0 aliphatic heterocycles. The fourth-order valence-electron chi connectivity index (χ4n) is 2.58. The maximum atomic E-state index is 13.7. The number of benzene rings is 1. The van der Waals surface area contributed by atoms with Crippen LogP contribution in [-0.4, -0.2) is 16.7 Å². The van der Waals surface area contributed by atoms with Gasteiger partial charge in [0.2, 0.25) is 0 Å². The van der Waals surface area contributed by atoms with Crippen molar-refractivity contribution in [2.24, 2.45) is 5.92 Å². The SMILES string of the molecule is CCC(C)CC(C)n1c(=S)[nH]c2cc(F)c(OC)cc21. The fourth-order valence-corrected chi connectivity index (χ4v) is 2.96. The van der Waals surface area contributed by atoms with Gasteiger partial charge in [-0.25, -0.2) is 4.39 Å². The number of hydrogen-bond donors (Lipinski definition) is 1. The Bertz CT molecular complexity index is 662. The summed E-state index contributed by atoms with van der Waals surface area (Å²) in [5.41, 5.74) is 1.60. The minimum absolute atomic E-state index is 0.246. The topological polar surface area (TPSA) is 29.9 Å². The minimum Gasteiger partial charge on any atom is -0.494 e. The quantitative estimate of drug-likeness (QED) is 0.800. The number of hydrogen-bond acceptors (Lipinski definition) is 2. The van der Waals surface area contributed by atoms with E-state index < -0.39 is 0 Å². The van der Waals surface area contributed by atoms with Crippen LogP contribution in [0.4, 0.5) is 4.39 Å². The van der Waals surface area contributed by atoms with Gasteiger partial charge in [-0.15, -0.1) is 0 Å².